The average molecular weight is 329 g/mol. The van der Waals surface area contributed by atoms with Crippen molar-refractivity contribution in [2.45, 2.75) is 11.4 Å². The summed E-state index contributed by atoms with van der Waals surface area (Å²) in [6, 6.07) is 10.3. The molecule has 23 heavy (non-hydrogen) atoms. The highest BCUT2D eigenvalue weighted by Crippen LogP contribution is 2.16. The minimum absolute atomic E-state index is 0.276. The number of hydrogen-bond acceptors (Lipinski definition) is 6. The molecule has 3 rings (SSSR count). The van der Waals surface area contributed by atoms with Gasteiger partial charge in [-0.05, 0) is 30.3 Å². The van der Waals surface area contributed by atoms with Gasteiger partial charge in [0.05, 0.1) is 11.4 Å². The maximum absolute atomic E-state index is 11.6. The summed E-state index contributed by atoms with van der Waals surface area (Å²) in [5.74, 6) is 1.25. The SMILES string of the molecule is CS(=O)(=O)c1cccc(NCc2nc(-c3ccncc3)n[nH]2)c1. The Morgan fingerprint density at radius 2 is 1.96 bits per heavy atom. The van der Waals surface area contributed by atoms with Crippen molar-refractivity contribution in [1.29, 1.82) is 0 Å². The molecule has 0 radical (unpaired) electrons. The molecule has 7 nitrogen and oxygen atoms in total. The van der Waals surface area contributed by atoms with Crippen molar-refractivity contribution in [3.05, 3.63) is 54.6 Å². The smallest absolute Gasteiger partial charge is 0.181 e. The number of hydrogen-bond donors (Lipinski definition) is 2. The van der Waals surface area contributed by atoms with E-state index in [4.69, 9.17) is 0 Å². The summed E-state index contributed by atoms with van der Waals surface area (Å²) in [6.07, 6.45) is 4.55. The lowest BCUT2D eigenvalue weighted by atomic mass is 10.2. The third-order valence-corrected chi connectivity index (χ3v) is 4.30. The van der Waals surface area contributed by atoms with E-state index in [-0.39, 0.29) is 4.90 Å². The second kappa shape index (κ2) is 6.17. The lowest BCUT2D eigenvalue weighted by molar-refractivity contribution is 0.602. The van der Waals surface area contributed by atoms with Crippen molar-refractivity contribution in [2.75, 3.05) is 11.6 Å². The molecule has 2 aromatic heterocycles. The van der Waals surface area contributed by atoms with Gasteiger partial charge in [0.2, 0.25) is 0 Å². The molecule has 2 N–H and O–H groups in total. The molecule has 1 aromatic carbocycles. The Morgan fingerprint density at radius 3 is 2.70 bits per heavy atom. The van der Waals surface area contributed by atoms with E-state index in [0.717, 1.165) is 5.56 Å². The zero-order valence-corrected chi connectivity index (χ0v) is 13.2. The Bertz CT molecular complexity index is 906. The van der Waals surface area contributed by atoms with E-state index in [1.165, 1.54) is 6.26 Å². The van der Waals surface area contributed by atoms with Crippen LogP contribution in [0.1, 0.15) is 5.82 Å². The van der Waals surface area contributed by atoms with Crippen LogP contribution in [0.4, 0.5) is 5.69 Å². The molecule has 118 valence electrons. The first kappa shape index (κ1) is 15.2. The van der Waals surface area contributed by atoms with E-state index in [9.17, 15) is 8.42 Å². The first-order valence-corrected chi connectivity index (χ1v) is 8.77. The third kappa shape index (κ3) is 3.72. The number of sulfone groups is 1. The Morgan fingerprint density at radius 1 is 1.17 bits per heavy atom. The highest BCUT2D eigenvalue weighted by molar-refractivity contribution is 7.90. The van der Waals surface area contributed by atoms with Gasteiger partial charge < -0.3 is 5.32 Å². The van der Waals surface area contributed by atoms with Crippen LogP contribution in [0.5, 0.6) is 0 Å². The van der Waals surface area contributed by atoms with Gasteiger partial charge in [0.1, 0.15) is 5.82 Å². The molecule has 0 atom stereocenters. The molecule has 0 fully saturated rings. The molecular formula is C15H15N5O2S. The molecular weight excluding hydrogens is 314 g/mol. The fourth-order valence-corrected chi connectivity index (χ4v) is 2.69. The van der Waals surface area contributed by atoms with E-state index in [1.807, 2.05) is 12.1 Å². The van der Waals surface area contributed by atoms with E-state index >= 15 is 0 Å². The van der Waals surface area contributed by atoms with Gasteiger partial charge in [-0.3, -0.25) is 10.1 Å². The van der Waals surface area contributed by atoms with Gasteiger partial charge in [-0.1, -0.05) is 6.07 Å². The minimum Gasteiger partial charge on any atom is -0.378 e. The van der Waals surface area contributed by atoms with E-state index < -0.39 is 9.84 Å². The molecule has 0 amide bonds. The van der Waals surface area contributed by atoms with Gasteiger partial charge in [0.15, 0.2) is 15.7 Å². The topological polar surface area (TPSA) is 101 Å². The first-order valence-electron chi connectivity index (χ1n) is 6.88. The number of nitrogens with zero attached hydrogens (tertiary/aromatic N) is 3. The average Bonchev–Trinajstić information content (AvgIpc) is 3.02. The number of aromatic nitrogens is 4. The monoisotopic (exact) mass is 329 g/mol. The van der Waals surface area contributed by atoms with Crippen molar-refractivity contribution < 1.29 is 8.42 Å². The van der Waals surface area contributed by atoms with Gasteiger partial charge in [-0.2, -0.15) is 5.10 Å². The van der Waals surface area contributed by atoms with Gasteiger partial charge in [0.25, 0.3) is 0 Å². The lowest BCUT2D eigenvalue weighted by Crippen LogP contribution is -2.03. The van der Waals surface area contributed by atoms with Crippen LogP contribution in [0.2, 0.25) is 0 Å². The van der Waals surface area contributed by atoms with Crippen molar-refractivity contribution in [1.82, 2.24) is 20.2 Å². The number of anilines is 1. The summed E-state index contributed by atoms with van der Waals surface area (Å²) >= 11 is 0. The number of rotatable bonds is 5. The van der Waals surface area contributed by atoms with Crippen molar-refractivity contribution in [3.63, 3.8) is 0 Å². The molecule has 0 spiro atoms. The molecule has 0 aliphatic heterocycles. The molecule has 3 aromatic rings. The Kier molecular flexibility index (Phi) is 4.07. The number of nitrogens with one attached hydrogen (secondary N) is 2. The van der Waals surface area contributed by atoms with Crippen LogP contribution in [0, 0.1) is 0 Å². The molecule has 0 saturated heterocycles. The number of aromatic amines is 1. The quantitative estimate of drug-likeness (QED) is 0.741. The van der Waals surface area contributed by atoms with Crippen LogP contribution < -0.4 is 5.32 Å². The van der Waals surface area contributed by atoms with Crippen molar-refractivity contribution in [3.8, 4) is 11.4 Å². The van der Waals surface area contributed by atoms with Gasteiger partial charge in [-0.15, -0.1) is 0 Å². The van der Waals surface area contributed by atoms with Crippen LogP contribution in [0.25, 0.3) is 11.4 Å². The van der Waals surface area contributed by atoms with E-state index in [2.05, 4.69) is 25.5 Å². The first-order chi connectivity index (χ1) is 11.0. The normalized spacial score (nSPS) is 11.3. The summed E-state index contributed by atoms with van der Waals surface area (Å²) in [5, 5.41) is 10.1. The molecule has 8 heteroatoms. The van der Waals surface area contributed by atoms with Gasteiger partial charge >= 0.3 is 0 Å². The molecule has 0 bridgehead atoms. The van der Waals surface area contributed by atoms with Crippen LogP contribution in [0.15, 0.2) is 53.7 Å². The summed E-state index contributed by atoms with van der Waals surface area (Å²) in [4.78, 5) is 8.62. The molecule has 0 aliphatic carbocycles. The Hall–Kier alpha value is -2.74. The zero-order valence-electron chi connectivity index (χ0n) is 12.4. The number of H-pyrrole nitrogens is 1. The maximum atomic E-state index is 11.6. The van der Waals surface area contributed by atoms with Crippen LogP contribution in [0.3, 0.4) is 0 Å². The molecule has 0 unspecified atom stereocenters. The second-order valence-corrected chi connectivity index (χ2v) is 7.01. The molecule has 0 aliphatic rings. The van der Waals surface area contributed by atoms with Gasteiger partial charge in [0, 0.05) is 29.9 Å². The van der Waals surface area contributed by atoms with Crippen molar-refractivity contribution >= 4 is 15.5 Å². The summed E-state index contributed by atoms with van der Waals surface area (Å²) in [6.45, 7) is 0.408. The maximum Gasteiger partial charge on any atom is 0.181 e. The Balaban J connectivity index is 1.71. The van der Waals surface area contributed by atoms with E-state index in [1.54, 1.807) is 36.7 Å². The Labute approximate surface area is 133 Å². The lowest BCUT2D eigenvalue weighted by Gasteiger charge is -2.05. The van der Waals surface area contributed by atoms with E-state index in [0.29, 0.717) is 23.9 Å². The zero-order chi connectivity index (χ0) is 16.3. The van der Waals surface area contributed by atoms with Crippen molar-refractivity contribution in [2.24, 2.45) is 0 Å². The minimum atomic E-state index is -3.22. The standard InChI is InChI=1S/C15H15N5O2S/c1-23(21,22)13-4-2-3-12(9-13)17-10-14-18-15(20-19-14)11-5-7-16-8-6-11/h2-9,17H,10H2,1H3,(H,18,19,20). The summed E-state index contributed by atoms with van der Waals surface area (Å²) in [7, 11) is -3.22. The molecule has 2 heterocycles. The highest BCUT2D eigenvalue weighted by Gasteiger charge is 2.08. The summed E-state index contributed by atoms with van der Waals surface area (Å²) < 4.78 is 23.1. The second-order valence-electron chi connectivity index (χ2n) is 5.00. The predicted molar refractivity (Wildman–Crippen MR) is 86.5 cm³/mol. The van der Waals surface area contributed by atoms with Crippen LogP contribution >= 0.6 is 0 Å². The third-order valence-electron chi connectivity index (χ3n) is 3.19. The largest absolute Gasteiger partial charge is 0.378 e. The number of pyridine rings is 1. The predicted octanol–water partition coefficient (Wildman–Crippen LogP) is 1.88. The molecule has 0 saturated carbocycles. The summed E-state index contributed by atoms with van der Waals surface area (Å²) in [5.41, 5.74) is 1.58. The van der Waals surface area contributed by atoms with Crippen LogP contribution in [-0.2, 0) is 16.4 Å². The van der Waals surface area contributed by atoms with Gasteiger partial charge in [-0.25, -0.2) is 13.4 Å². The number of benzene rings is 1. The fourth-order valence-electron chi connectivity index (χ4n) is 2.03. The fraction of sp³-hybridized carbons (Fsp3) is 0.133. The van der Waals surface area contributed by atoms with Crippen LogP contribution in [-0.4, -0.2) is 34.8 Å². The highest BCUT2D eigenvalue weighted by atomic mass is 32.2.